The van der Waals surface area contributed by atoms with Gasteiger partial charge in [0, 0.05) is 79.6 Å². The van der Waals surface area contributed by atoms with Gasteiger partial charge in [0.2, 0.25) is 5.95 Å². The second kappa shape index (κ2) is 14.8. The predicted molar refractivity (Wildman–Crippen MR) is 251 cm³/mol. The third-order valence-corrected chi connectivity index (χ3v) is 11.5. The third kappa shape index (κ3) is 5.92. The highest BCUT2D eigenvalue weighted by Gasteiger charge is 2.21. The van der Waals surface area contributed by atoms with Crippen LogP contribution in [0.4, 0.5) is 0 Å². The van der Waals surface area contributed by atoms with E-state index in [0.29, 0.717) is 5.95 Å². The van der Waals surface area contributed by atoms with Crippen LogP contribution in [0.2, 0.25) is 0 Å². The van der Waals surface area contributed by atoms with Crippen LogP contribution in [0.5, 0.6) is 0 Å². The van der Waals surface area contributed by atoms with Crippen LogP contribution >= 0.6 is 0 Å². The Morgan fingerprint density at radius 1 is 0.361 bits per heavy atom. The van der Waals surface area contributed by atoms with Crippen molar-refractivity contribution < 1.29 is 0 Å². The van der Waals surface area contributed by atoms with Gasteiger partial charge in [-0.3, -0.25) is 14.5 Å². The summed E-state index contributed by atoms with van der Waals surface area (Å²) in [5.74, 6) is 5.97. The summed E-state index contributed by atoms with van der Waals surface area (Å²) in [6, 6.07) is 57.6. The Hall–Kier alpha value is -8.34. The molecule has 0 aliphatic rings. The molecule has 0 unspecified atom stereocenters. The molecule has 0 fully saturated rings. The highest BCUT2D eigenvalue weighted by Crippen LogP contribution is 2.39. The Morgan fingerprint density at radius 3 is 1.23 bits per heavy atom. The van der Waals surface area contributed by atoms with Crippen LogP contribution in [-0.2, 0) is 0 Å². The minimum Gasteiger partial charge on any atom is -0.309 e. The van der Waals surface area contributed by atoms with Crippen LogP contribution < -0.4 is 0 Å². The van der Waals surface area contributed by atoms with E-state index in [9.17, 15) is 0 Å². The summed E-state index contributed by atoms with van der Waals surface area (Å²) >= 11 is 0. The summed E-state index contributed by atoms with van der Waals surface area (Å²) < 4.78 is 6.92. The van der Waals surface area contributed by atoms with Crippen molar-refractivity contribution in [2.75, 3.05) is 0 Å². The first kappa shape index (κ1) is 35.8. The molecule has 0 amide bonds. The predicted octanol–water partition coefficient (Wildman–Crippen LogP) is 12.9. The van der Waals surface area contributed by atoms with E-state index in [1.165, 1.54) is 10.8 Å². The standard InChI is InChI=1S/C50H31N7.C4H6/c1-3-11-32(12-4-1)42-29-43(33-13-5-2-6-14-33)54-50(53-42)57-46-21-19-34(55-44-17-9-7-15-36(44)40-30-51-25-23-48(40)55)27-38(46)39-28-35(20-22-47(39)57)56-45-18-10-8-16-37(45)41-31-52-26-24-49(41)56;1-3-4-2/h1-31H;1-2H3. The number of aromatic nitrogens is 7. The lowest BCUT2D eigenvalue weighted by atomic mass is 10.1. The zero-order chi connectivity index (χ0) is 40.9. The van der Waals surface area contributed by atoms with Crippen LogP contribution in [0, 0.1) is 11.8 Å². The fourth-order valence-electron chi connectivity index (χ4n) is 8.73. The molecule has 0 N–H and O–H groups in total. The van der Waals surface area contributed by atoms with Gasteiger partial charge < -0.3 is 9.13 Å². The van der Waals surface area contributed by atoms with Crippen molar-refractivity contribution in [3.8, 4) is 51.7 Å². The van der Waals surface area contributed by atoms with Crippen LogP contribution in [0.25, 0.3) is 105 Å². The maximum atomic E-state index is 5.31. The Labute approximate surface area is 351 Å². The number of hydrogen-bond donors (Lipinski definition) is 0. The van der Waals surface area contributed by atoms with Gasteiger partial charge in [-0.1, -0.05) is 97.1 Å². The molecule has 288 valence electrons. The molecule has 0 spiro atoms. The van der Waals surface area contributed by atoms with Gasteiger partial charge in [-0.25, -0.2) is 9.97 Å². The number of fused-ring (bicyclic) bond motifs is 9. The molecule has 0 aliphatic heterocycles. The van der Waals surface area contributed by atoms with Gasteiger partial charge in [-0.15, -0.1) is 11.8 Å². The van der Waals surface area contributed by atoms with E-state index in [1.54, 1.807) is 0 Å². The van der Waals surface area contributed by atoms with E-state index >= 15 is 0 Å². The van der Waals surface area contributed by atoms with E-state index in [1.807, 2.05) is 50.8 Å². The van der Waals surface area contributed by atoms with Crippen LogP contribution in [-0.4, -0.2) is 33.6 Å². The van der Waals surface area contributed by atoms with Crippen LogP contribution in [0.3, 0.4) is 0 Å². The van der Waals surface area contributed by atoms with Gasteiger partial charge in [0.05, 0.1) is 44.5 Å². The van der Waals surface area contributed by atoms with Gasteiger partial charge in [0.15, 0.2) is 0 Å². The van der Waals surface area contributed by atoms with Crippen LogP contribution in [0.1, 0.15) is 13.8 Å². The molecular formula is C54H37N7. The van der Waals surface area contributed by atoms with E-state index < -0.39 is 0 Å². The molecule has 0 atom stereocenters. The van der Waals surface area contributed by atoms with Crippen molar-refractivity contribution in [3.63, 3.8) is 0 Å². The van der Waals surface area contributed by atoms with Gasteiger partial charge in [-0.2, -0.15) is 0 Å². The number of para-hydroxylation sites is 2. The highest BCUT2D eigenvalue weighted by molar-refractivity contribution is 6.13. The zero-order valence-electron chi connectivity index (χ0n) is 33.5. The van der Waals surface area contributed by atoms with Gasteiger partial charge >= 0.3 is 0 Å². The molecule has 12 aromatic rings. The molecule has 12 rings (SSSR count). The lowest BCUT2D eigenvalue weighted by Crippen LogP contribution is -2.04. The Bertz CT molecular complexity index is 3340. The normalized spacial score (nSPS) is 11.3. The largest absolute Gasteiger partial charge is 0.309 e. The first-order chi connectivity index (χ1) is 30.2. The lowest BCUT2D eigenvalue weighted by Gasteiger charge is -2.12. The van der Waals surface area contributed by atoms with Gasteiger partial charge in [0.25, 0.3) is 0 Å². The fourth-order valence-corrected chi connectivity index (χ4v) is 8.73. The molecule has 0 aliphatic carbocycles. The summed E-state index contributed by atoms with van der Waals surface area (Å²) in [4.78, 5) is 19.6. The summed E-state index contributed by atoms with van der Waals surface area (Å²) in [6.07, 6.45) is 7.68. The number of pyridine rings is 2. The molecule has 0 saturated carbocycles. The third-order valence-electron chi connectivity index (χ3n) is 11.5. The van der Waals surface area contributed by atoms with Crippen molar-refractivity contribution in [1.29, 1.82) is 0 Å². The maximum absolute atomic E-state index is 5.31. The average molecular weight is 784 g/mol. The molecule has 0 saturated heterocycles. The molecule has 0 radical (unpaired) electrons. The summed E-state index contributed by atoms with van der Waals surface area (Å²) in [7, 11) is 0. The first-order valence-corrected chi connectivity index (χ1v) is 20.3. The summed E-state index contributed by atoms with van der Waals surface area (Å²) in [5.41, 5.74) is 12.4. The Balaban J connectivity index is 0.00000101. The van der Waals surface area contributed by atoms with Crippen molar-refractivity contribution in [2.24, 2.45) is 0 Å². The van der Waals surface area contributed by atoms with Crippen molar-refractivity contribution in [3.05, 3.63) is 189 Å². The molecule has 61 heavy (non-hydrogen) atoms. The van der Waals surface area contributed by atoms with Crippen molar-refractivity contribution in [1.82, 2.24) is 33.6 Å². The molecule has 0 bridgehead atoms. The van der Waals surface area contributed by atoms with Gasteiger partial charge in [-0.05, 0) is 80.6 Å². The van der Waals surface area contributed by atoms with E-state index in [4.69, 9.17) is 9.97 Å². The second-order valence-electron chi connectivity index (χ2n) is 14.9. The van der Waals surface area contributed by atoms with Crippen molar-refractivity contribution >= 4 is 65.4 Å². The number of nitrogens with zero attached hydrogens (tertiary/aromatic N) is 7. The SMILES string of the molecule is CC#CC.c1ccc(-c2cc(-c3ccccc3)nc(-n3c4ccc(-n5c6ccccc6c6cnccc65)cc4c4cc(-n5c6ccccc6c6cnccc65)ccc43)n2)cc1. The van der Waals surface area contributed by atoms with E-state index in [2.05, 4.69) is 187 Å². The highest BCUT2D eigenvalue weighted by atomic mass is 15.2. The molecule has 6 heterocycles. The summed E-state index contributed by atoms with van der Waals surface area (Å²) in [6.45, 7) is 3.64. The van der Waals surface area contributed by atoms with Crippen LogP contribution in [0.15, 0.2) is 189 Å². The molecular weight excluding hydrogens is 747 g/mol. The molecule has 7 heteroatoms. The molecule has 6 aromatic heterocycles. The lowest BCUT2D eigenvalue weighted by molar-refractivity contribution is 0.995. The number of benzene rings is 6. The number of rotatable bonds is 5. The zero-order valence-corrected chi connectivity index (χ0v) is 33.5. The van der Waals surface area contributed by atoms with E-state index in [0.717, 1.165) is 88.5 Å². The fraction of sp³-hybridized carbons (Fsp3) is 0.0370. The smallest absolute Gasteiger partial charge is 0.235 e. The molecule has 7 nitrogen and oxygen atoms in total. The average Bonchev–Trinajstić information content (AvgIpc) is 3.97. The first-order valence-electron chi connectivity index (χ1n) is 20.3. The molecule has 6 aromatic carbocycles. The Kier molecular flexibility index (Phi) is 8.68. The maximum Gasteiger partial charge on any atom is 0.235 e. The number of hydrogen-bond acceptors (Lipinski definition) is 4. The Morgan fingerprint density at radius 2 is 0.770 bits per heavy atom. The summed E-state index contributed by atoms with van der Waals surface area (Å²) in [5, 5.41) is 6.79. The van der Waals surface area contributed by atoms with E-state index in [-0.39, 0.29) is 0 Å². The topological polar surface area (TPSA) is 66.3 Å². The minimum atomic E-state index is 0.613. The minimum absolute atomic E-state index is 0.613. The van der Waals surface area contributed by atoms with Gasteiger partial charge in [0.1, 0.15) is 0 Å². The second-order valence-corrected chi connectivity index (χ2v) is 14.9. The van der Waals surface area contributed by atoms with Crippen molar-refractivity contribution in [2.45, 2.75) is 13.8 Å². The monoisotopic (exact) mass is 783 g/mol. The quantitative estimate of drug-likeness (QED) is 0.163.